The van der Waals surface area contributed by atoms with E-state index in [1.54, 1.807) is 0 Å². The van der Waals surface area contributed by atoms with E-state index in [1.807, 2.05) is 48.5 Å². The van der Waals surface area contributed by atoms with Crippen LogP contribution in [-0.4, -0.2) is 40.0 Å². The van der Waals surface area contributed by atoms with E-state index in [2.05, 4.69) is 34.5 Å². The number of aromatic nitrogens is 2. The molecule has 1 saturated heterocycles. The van der Waals surface area contributed by atoms with E-state index in [1.165, 1.54) is 29.4 Å². The third-order valence-electron chi connectivity index (χ3n) is 7.69. The van der Waals surface area contributed by atoms with Crippen LogP contribution >= 0.6 is 0 Å². The molecule has 0 radical (unpaired) electrons. The maximum atomic E-state index is 13.9. The molecule has 6 rings (SSSR count). The Hall–Kier alpha value is -3.77. The summed E-state index contributed by atoms with van der Waals surface area (Å²) in [4.78, 5) is 34.1. The van der Waals surface area contributed by atoms with E-state index in [0.29, 0.717) is 29.2 Å². The molecule has 6 heteroatoms. The number of fused-ring (bicyclic) bond motifs is 1. The van der Waals surface area contributed by atoms with Crippen LogP contribution in [0.25, 0.3) is 33.4 Å². The van der Waals surface area contributed by atoms with Crippen molar-refractivity contribution in [2.75, 3.05) is 19.6 Å². The predicted octanol–water partition coefficient (Wildman–Crippen LogP) is 5.24. The summed E-state index contributed by atoms with van der Waals surface area (Å²) in [5.74, 6) is 0.937. The maximum Gasteiger partial charge on any atom is 0.262 e. The minimum atomic E-state index is -0.193. The summed E-state index contributed by atoms with van der Waals surface area (Å²) in [7, 11) is 0. The van der Waals surface area contributed by atoms with Crippen LogP contribution in [0.5, 0.6) is 0 Å². The molecule has 1 saturated carbocycles. The Balaban J connectivity index is 1.36. The van der Waals surface area contributed by atoms with Gasteiger partial charge in [-0.25, -0.2) is 4.98 Å². The molecular formula is C32H34N4O2. The molecule has 2 aliphatic rings. The largest absolute Gasteiger partial charge is 0.354 e. The number of carbonyl (C=O) groups excluding carboxylic acids is 1. The highest BCUT2D eigenvalue weighted by molar-refractivity contribution is 5.86. The van der Waals surface area contributed by atoms with E-state index < -0.39 is 0 Å². The fraction of sp³-hybridized carbons (Fsp3) is 0.344. The normalized spacial score (nSPS) is 16.0. The van der Waals surface area contributed by atoms with E-state index in [9.17, 15) is 9.59 Å². The molecule has 6 nitrogen and oxygen atoms in total. The van der Waals surface area contributed by atoms with Crippen molar-refractivity contribution >= 4 is 16.8 Å². The average Bonchev–Trinajstić information content (AvgIpc) is 3.79. The Morgan fingerprint density at radius 1 is 0.868 bits per heavy atom. The summed E-state index contributed by atoms with van der Waals surface area (Å²) in [5.41, 5.74) is 4.61. The first kappa shape index (κ1) is 24.6. The van der Waals surface area contributed by atoms with Crippen LogP contribution in [0.3, 0.4) is 0 Å². The zero-order chi connectivity index (χ0) is 25.9. The Morgan fingerprint density at radius 2 is 1.63 bits per heavy atom. The van der Waals surface area contributed by atoms with Crippen LogP contribution in [0.15, 0.2) is 77.6 Å². The standard InChI is InChI=1S/C32H34N4O2/c37-30(33-20-23-12-13-23)22-36-31(25-9-3-1-4-10-25)34-29-15-14-27(19-28(29)32(36)38)26-11-7-8-24(18-26)21-35-16-5-2-6-17-35/h1,3-4,7-11,14-15,18-19,23H,2,5-6,12-13,16-17,20-22H2,(H,33,37). The molecule has 2 fully saturated rings. The fourth-order valence-corrected chi connectivity index (χ4v) is 5.36. The van der Waals surface area contributed by atoms with Crippen molar-refractivity contribution in [1.29, 1.82) is 0 Å². The van der Waals surface area contributed by atoms with Crippen LogP contribution in [0.2, 0.25) is 0 Å². The van der Waals surface area contributed by atoms with Gasteiger partial charge in [-0.1, -0.05) is 61.0 Å². The number of likely N-dealkylation sites (tertiary alicyclic amines) is 1. The van der Waals surface area contributed by atoms with Gasteiger partial charge in [0, 0.05) is 18.7 Å². The van der Waals surface area contributed by atoms with E-state index in [4.69, 9.17) is 4.98 Å². The predicted molar refractivity (Wildman–Crippen MR) is 152 cm³/mol. The second-order valence-corrected chi connectivity index (χ2v) is 10.7. The summed E-state index contributed by atoms with van der Waals surface area (Å²) in [5, 5.41) is 3.52. The van der Waals surface area contributed by atoms with Gasteiger partial charge in [0.15, 0.2) is 0 Å². The van der Waals surface area contributed by atoms with E-state index in [-0.39, 0.29) is 18.0 Å². The number of benzene rings is 3. The van der Waals surface area contributed by atoms with Crippen LogP contribution in [0.1, 0.15) is 37.7 Å². The van der Waals surface area contributed by atoms with Gasteiger partial charge in [0.05, 0.1) is 10.9 Å². The molecule has 3 aromatic carbocycles. The lowest BCUT2D eigenvalue weighted by Crippen LogP contribution is -2.34. The molecule has 4 aromatic rings. The molecule has 0 atom stereocenters. The van der Waals surface area contributed by atoms with E-state index in [0.717, 1.165) is 49.2 Å². The fourth-order valence-electron chi connectivity index (χ4n) is 5.36. The van der Waals surface area contributed by atoms with Gasteiger partial charge in [0.2, 0.25) is 5.91 Å². The highest BCUT2D eigenvalue weighted by Crippen LogP contribution is 2.28. The number of rotatable bonds is 8. The lowest BCUT2D eigenvalue weighted by atomic mass is 10.0. The van der Waals surface area contributed by atoms with Crippen molar-refractivity contribution in [3.63, 3.8) is 0 Å². The Morgan fingerprint density at radius 3 is 2.42 bits per heavy atom. The zero-order valence-electron chi connectivity index (χ0n) is 21.7. The number of piperidine rings is 1. The van der Waals surface area contributed by atoms with Crippen LogP contribution in [0.4, 0.5) is 0 Å². The number of nitrogens with one attached hydrogen (secondary N) is 1. The number of nitrogens with zero attached hydrogens (tertiary/aromatic N) is 3. The Labute approximate surface area is 223 Å². The van der Waals surface area contributed by atoms with Crippen LogP contribution < -0.4 is 10.9 Å². The molecule has 0 bridgehead atoms. The highest BCUT2D eigenvalue weighted by Gasteiger charge is 2.22. The van der Waals surface area contributed by atoms with Crippen molar-refractivity contribution in [1.82, 2.24) is 19.8 Å². The van der Waals surface area contributed by atoms with Crippen molar-refractivity contribution in [2.24, 2.45) is 5.92 Å². The van der Waals surface area contributed by atoms with Crippen molar-refractivity contribution in [2.45, 2.75) is 45.2 Å². The summed E-state index contributed by atoms with van der Waals surface area (Å²) < 4.78 is 1.52. The first-order valence-corrected chi connectivity index (χ1v) is 13.8. The summed E-state index contributed by atoms with van der Waals surface area (Å²) in [6, 6.07) is 24.1. The third kappa shape index (κ3) is 5.55. The minimum Gasteiger partial charge on any atom is -0.354 e. The minimum absolute atomic E-state index is 0.0474. The smallest absolute Gasteiger partial charge is 0.262 e. The maximum absolute atomic E-state index is 13.9. The first-order chi connectivity index (χ1) is 18.6. The first-order valence-electron chi connectivity index (χ1n) is 13.8. The molecule has 1 aromatic heterocycles. The zero-order valence-corrected chi connectivity index (χ0v) is 21.7. The lowest BCUT2D eigenvalue weighted by Gasteiger charge is -2.26. The molecule has 1 aliphatic heterocycles. The van der Waals surface area contributed by atoms with Gasteiger partial charge in [-0.15, -0.1) is 0 Å². The number of carbonyl (C=O) groups is 1. The molecule has 2 heterocycles. The number of amides is 1. The van der Waals surface area contributed by atoms with Crippen molar-refractivity contribution < 1.29 is 4.79 Å². The molecule has 0 unspecified atom stereocenters. The highest BCUT2D eigenvalue weighted by atomic mass is 16.2. The third-order valence-corrected chi connectivity index (χ3v) is 7.69. The second-order valence-electron chi connectivity index (χ2n) is 10.7. The topological polar surface area (TPSA) is 67.2 Å². The van der Waals surface area contributed by atoms with E-state index >= 15 is 0 Å². The quantitative estimate of drug-likeness (QED) is 0.355. The molecule has 1 aliphatic carbocycles. The van der Waals surface area contributed by atoms with Crippen LogP contribution in [0, 0.1) is 5.92 Å². The van der Waals surface area contributed by atoms with Gasteiger partial charge in [-0.3, -0.25) is 19.1 Å². The van der Waals surface area contributed by atoms with Crippen LogP contribution in [-0.2, 0) is 17.9 Å². The summed E-state index contributed by atoms with van der Waals surface area (Å²) in [6.45, 7) is 3.89. The summed E-state index contributed by atoms with van der Waals surface area (Å²) >= 11 is 0. The molecule has 0 spiro atoms. The second kappa shape index (κ2) is 10.9. The Kier molecular flexibility index (Phi) is 7.06. The van der Waals surface area contributed by atoms with Gasteiger partial charge >= 0.3 is 0 Å². The van der Waals surface area contributed by atoms with Gasteiger partial charge in [-0.05, 0) is 79.6 Å². The average molecular weight is 507 g/mol. The van der Waals surface area contributed by atoms with Gasteiger partial charge in [0.1, 0.15) is 12.4 Å². The number of hydrogen-bond acceptors (Lipinski definition) is 4. The van der Waals surface area contributed by atoms with Gasteiger partial charge in [-0.2, -0.15) is 0 Å². The SMILES string of the molecule is O=C(Cn1c(-c2ccccc2)nc2ccc(-c3cccc(CN4CCCCC4)c3)cc2c1=O)NCC1CC1. The Bertz CT molecular complexity index is 1500. The molecular weight excluding hydrogens is 472 g/mol. The molecule has 194 valence electrons. The van der Waals surface area contributed by atoms with Gasteiger partial charge in [0.25, 0.3) is 5.56 Å². The molecule has 1 N–H and O–H groups in total. The monoisotopic (exact) mass is 506 g/mol. The number of hydrogen-bond donors (Lipinski definition) is 1. The van der Waals surface area contributed by atoms with Gasteiger partial charge < -0.3 is 5.32 Å². The lowest BCUT2D eigenvalue weighted by molar-refractivity contribution is -0.121. The molecule has 1 amide bonds. The summed E-state index contributed by atoms with van der Waals surface area (Å²) in [6.07, 6.45) is 6.19. The van der Waals surface area contributed by atoms with Crippen molar-refractivity contribution in [3.8, 4) is 22.5 Å². The molecule has 38 heavy (non-hydrogen) atoms. The van der Waals surface area contributed by atoms with Crippen molar-refractivity contribution in [3.05, 3.63) is 88.7 Å².